The van der Waals surface area contributed by atoms with Gasteiger partial charge in [-0.05, 0) is 48.9 Å². The lowest BCUT2D eigenvalue weighted by Crippen LogP contribution is -2.14. The second kappa shape index (κ2) is 9.67. The number of hydrogen-bond acceptors (Lipinski definition) is 6. The second-order valence-electron chi connectivity index (χ2n) is 6.22. The Bertz CT molecular complexity index is 992. The Labute approximate surface area is 178 Å². The van der Waals surface area contributed by atoms with Crippen molar-refractivity contribution >= 4 is 35.0 Å². The number of amides is 1. The van der Waals surface area contributed by atoms with Gasteiger partial charge in [0.15, 0.2) is 11.0 Å². The molecule has 29 heavy (non-hydrogen) atoms. The van der Waals surface area contributed by atoms with Gasteiger partial charge in [0.2, 0.25) is 5.91 Å². The number of thioether (sulfide) groups is 1. The van der Waals surface area contributed by atoms with Crippen molar-refractivity contribution in [2.45, 2.75) is 18.7 Å². The summed E-state index contributed by atoms with van der Waals surface area (Å²) in [6, 6.07) is 12.7. The summed E-state index contributed by atoms with van der Waals surface area (Å²) < 4.78 is 12.7. The minimum Gasteiger partial charge on any atom is -0.497 e. The number of carbonyl (C=O) groups is 1. The van der Waals surface area contributed by atoms with Crippen molar-refractivity contribution in [3.63, 3.8) is 0 Å². The van der Waals surface area contributed by atoms with E-state index >= 15 is 0 Å². The second-order valence-corrected chi connectivity index (χ2v) is 7.57. The Morgan fingerprint density at radius 1 is 1.17 bits per heavy atom. The molecule has 0 spiro atoms. The zero-order valence-electron chi connectivity index (χ0n) is 16.3. The van der Waals surface area contributed by atoms with Crippen molar-refractivity contribution in [3.05, 3.63) is 58.9 Å². The molecule has 0 atom stereocenters. The lowest BCUT2D eigenvalue weighted by Gasteiger charge is -2.08. The maximum atomic E-state index is 12.2. The van der Waals surface area contributed by atoms with Crippen LogP contribution in [0.4, 0.5) is 5.69 Å². The summed E-state index contributed by atoms with van der Waals surface area (Å²) in [7, 11) is 3.46. The predicted octanol–water partition coefficient (Wildman–Crippen LogP) is 4.10. The molecule has 0 saturated carbocycles. The van der Waals surface area contributed by atoms with Crippen LogP contribution < -0.4 is 14.8 Å². The van der Waals surface area contributed by atoms with Gasteiger partial charge in [0.25, 0.3) is 0 Å². The fourth-order valence-electron chi connectivity index (χ4n) is 2.41. The molecule has 0 saturated heterocycles. The van der Waals surface area contributed by atoms with Crippen LogP contribution in [-0.4, -0.2) is 33.5 Å². The van der Waals surface area contributed by atoms with Crippen molar-refractivity contribution < 1.29 is 14.3 Å². The van der Waals surface area contributed by atoms with Crippen LogP contribution in [0.3, 0.4) is 0 Å². The molecule has 1 amide bonds. The van der Waals surface area contributed by atoms with Crippen molar-refractivity contribution in [2.75, 3.05) is 18.2 Å². The predicted molar refractivity (Wildman–Crippen MR) is 114 cm³/mol. The van der Waals surface area contributed by atoms with E-state index in [0.29, 0.717) is 27.4 Å². The van der Waals surface area contributed by atoms with Gasteiger partial charge in [-0.1, -0.05) is 29.4 Å². The molecule has 0 aliphatic heterocycles. The molecule has 2 aromatic carbocycles. The topological polar surface area (TPSA) is 78.3 Å². The van der Waals surface area contributed by atoms with E-state index in [2.05, 4.69) is 15.5 Å². The maximum Gasteiger partial charge on any atom is 0.234 e. The largest absolute Gasteiger partial charge is 0.497 e. The molecule has 0 unspecified atom stereocenters. The number of anilines is 1. The molecule has 0 radical (unpaired) electrons. The number of carbonyl (C=O) groups excluding carboxylic acids is 1. The highest BCUT2D eigenvalue weighted by Gasteiger charge is 2.12. The van der Waals surface area contributed by atoms with E-state index < -0.39 is 0 Å². The molecule has 3 aromatic rings. The lowest BCUT2D eigenvalue weighted by molar-refractivity contribution is -0.113. The zero-order chi connectivity index (χ0) is 20.8. The highest BCUT2D eigenvalue weighted by molar-refractivity contribution is 7.99. The Morgan fingerprint density at radius 2 is 1.90 bits per heavy atom. The molecule has 0 bridgehead atoms. The van der Waals surface area contributed by atoms with E-state index in [1.807, 2.05) is 54.9 Å². The summed E-state index contributed by atoms with van der Waals surface area (Å²) in [4.78, 5) is 12.2. The Kier molecular flexibility index (Phi) is 7.00. The van der Waals surface area contributed by atoms with E-state index in [1.165, 1.54) is 11.8 Å². The molecule has 7 nitrogen and oxygen atoms in total. The van der Waals surface area contributed by atoms with Crippen LogP contribution in [-0.2, 0) is 18.4 Å². The molecule has 152 valence electrons. The average Bonchev–Trinajstić information content (AvgIpc) is 3.07. The van der Waals surface area contributed by atoms with Gasteiger partial charge in [-0.15, -0.1) is 10.2 Å². The third-order valence-corrected chi connectivity index (χ3v) is 5.57. The summed E-state index contributed by atoms with van der Waals surface area (Å²) in [5.41, 5.74) is 1.63. The van der Waals surface area contributed by atoms with Crippen LogP contribution in [0.2, 0.25) is 5.02 Å². The molecule has 9 heteroatoms. The van der Waals surface area contributed by atoms with E-state index in [0.717, 1.165) is 11.3 Å². The van der Waals surface area contributed by atoms with Gasteiger partial charge in [-0.25, -0.2) is 0 Å². The maximum absolute atomic E-state index is 12.2. The first-order chi connectivity index (χ1) is 14.0. The summed E-state index contributed by atoms with van der Waals surface area (Å²) in [5.74, 6) is 2.19. The lowest BCUT2D eigenvalue weighted by atomic mass is 10.2. The van der Waals surface area contributed by atoms with E-state index in [9.17, 15) is 4.79 Å². The van der Waals surface area contributed by atoms with Crippen molar-refractivity contribution in [1.29, 1.82) is 0 Å². The third kappa shape index (κ3) is 5.65. The van der Waals surface area contributed by atoms with Gasteiger partial charge in [0.05, 0.1) is 12.9 Å². The first kappa shape index (κ1) is 21.0. The smallest absolute Gasteiger partial charge is 0.234 e. The van der Waals surface area contributed by atoms with Gasteiger partial charge in [0, 0.05) is 17.8 Å². The van der Waals surface area contributed by atoms with Crippen LogP contribution in [0, 0.1) is 6.92 Å². The Morgan fingerprint density at radius 3 is 2.59 bits per heavy atom. The first-order valence-corrected chi connectivity index (χ1v) is 10.2. The Balaban J connectivity index is 1.52. The van der Waals surface area contributed by atoms with Gasteiger partial charge in [-0.3, -0.25) is 4.79 Å². The van der Waals surface area contributed by atoms with Gasteiger partial charge >= 0.3 is 0 Å². The number of halogens is 1. The molecule has 1 N–H and O–H groups in total. The standard InChI is InChI=1S/C20H21ClN4O3S/c1-13-4-5-14(10-17(13)21)22-19(26)12-29-20-24-23-18(25(20)2)11-28-16-8-6-15(27-3)7-9-16/h4-10H,11-12H2,1-3H3,(H,22,26). The van der Waals surface area contributed by atoms with Crippen molar-refractivity contribution in [2.24, 2.45) is 7.05 Å². The average molecular weight is 433 g/mol. The molecule has 1 heterocycles. The number of nitrogens with one attached hydrogen (secondary N) is 1. The van der Waals surface area contributed by atoms with Crippen LogP contribution >= 0.6 is 23.4 Å². The number of benzene rings is 2. The highest BCUT2D eigenvalue weighted by Crippen LogP contribution is 2.22. The minimum atomic E-state index is -0.144. The summed E-state index contributed by atoms with van der Waals surface area (Å²) >= 11 is 7.39. The molecular weight excluding hydrogens is 412 g/mol. The van der Waals surface area contributed by atoms with Crippen molar-refractivity contribution in [1.82, 2.24) is 14.8 Å². The Hall–Kier alpha value is -2.71. The number of aryl methyl sites for hydroxylation is 1. The summed E-state index contributed by atoms with van der Waals surface area (Å²) in [5, 5.41) is 12.4. The number of nitrogens with zero attached hydrogens (tertiary/aromatic N) is 3. The van der Waals surface area contributed by atoms with Crippen LogP contribution in [0.5, 0.6) is 11.5 Å². The molecule has 0 aliphatic rings. The molecule has 3 rings (SSSR count). The van der Waals surface area contributed by atoms with Gasteiger partial charge < -0.3 is 19.4 Å². The number of methoxy groups -OCH3 is 1. The normalized spacial score (nSPS) is 10.6. The van der Waals surface area contributed by atoms with E-state index in [1.54, 1.807) is 13.2 Å². The minimum absolute atomic E-state index is 0.144. The first-order valence-electron chi connectivity index (χ1n) is 8.80. The zero-order valence-corrected chi connectivity index (χ0v) is 17.9. The van der Waals surface area contributed by atoms with Crippen LogP contribution in [0.1, 0.15) is 11.4 Å². The SMILES string of the molecule is COc1ccc(OCc2nnc(SCC(=O)Nc3ccc(C)c(Cl)c3)n2C)cc1. The third-order valence-electron chi connectivity index (χ3n) is 4.14. The number of hydrogen-bond donors (Lipinski definition) is 1. The summed E-state index contributed by atoms with van der Waals surface area (Å²) in [6.07, 6.45) is 0. The number of rotatable bonds is 8. The number of aromatic nitrogens is 3. The fourth-order valence-corrected chi connectivity index (χ4v) is 3.32. The van der Waals surface area contributed by atoms with Crippen LogP contribution in [0.25, 0.3) is 0 Å². The van der Waals surface area contributed by atoms with E-state index in [4.69, 9.17) is 21.1 Å². The fraction of sp³-hybridized carbons (Fsp3) is 0.250. The summed E-state index contributed by atoms with van der Waals surface area (Å²) in [6.45, 7) is 2.18. The molecular formula is C20H21ClN4O3S. The monoisotopic (exact) mass is 432 g/mol. The molecule has 0 aliphatic carbocycles. The number of ether oxygens (including phenoxy) is 2. The van der Waals surface area contributed by atoms with E-state index in [-0.39, 0.29) is 18.3 Å². The van der Waals surface area contributed by atoms with Crippen molar-refractivity contribution in [3.8, 4) is 11.5 Å². The highest BCUT2D eigenvalue weighted by atomic mass is 35.5. The molecule has 1 aromatic heterocycles. The van der Waals surface area contributed by atoms with Gasteiger partial charge in [0.1, 0.15) is 18.1 Å². The quantitative estimate of drug-likeness (QED) is 0.540. The van der Waals surface area contributed by atoms with Gasteiger partial charge in [-0.2, -0.15) is 0 Å². The van der Waals surface area contributed by atoms with Crippen LogP contribution in [0.15, 0.2) is 47.6 Å². The molecule has 0 fully saturated rings.